The fraction of sp³-hybridized carbons (Fsp3) is 0.167. The maximum absolute atomic E-state index is 13.1. The van der Waals surface area contributed by atoms with E-state index in [1.165, 1.54) is 14.0 Å². The molecule has 0 bridgehead atoms. The molecule has 0 radical (unpaired) electrons. The van der Waals surface area contributed by atoms with E-state index in [1.807, 2.05) is 0 Å². The van der Waals surface area contributed by atoms with E-state index in [0.717, 1.165) is 18.2 Å². The van der Waals surface area contributed by atoms with Gasteiger partial charge in [0.1, 0.15) is 11.4 Å². The average molecular weight is 296 g/mol. The molecule has 1 N–H and O–H groups in total. The minimum absolute atomic E-state index is 0.0805. The van der Waals surface area contributed by atoms with E-state index < -0.39 is 22.2 Å². The number of rotatable bonds is 4. The summed E-state index contributed by atoms with van der Waals surface area (Å²) >= 11 is 0. The lowest BCUT2D eigenvalue weighted by Crippen LogP contribution is -2.05. The van der Waals surface area contributed by atoms with Crippen LogP contribution in [0.3, 0.4) is 0 Å². The quantitative estimate of drug-likeness (QED) is 0.689. The largest absolute Gasteiger partial charge is 0.433 e. The van der Waals surface area contributed by atoms with Crippen LogP contribution in [0.5, 0.6) is 11.6 Å². The predicted molar refractivity (Wildman–Crippen MR) is 69.4 cm³/mol. The van der Waals surface area contributed by atoms with Crippen molar-refractivity contribution in [1.82, 2.24) is 9.97 Å². The van der Waals surface area contributed by atoms with Crippen LogP contribution in [0.1, 0.15) is 5.69 Å². The van der Waals surface area contributed by atoms with E-state index in [1.54, 1.807) is 0 Å². The van der Waals surface area contributed by atoms with Gasteiger partial charge in [-0.25, -0.2) is 13.8 Å². The highest BCUT2D eigenvalue weighted by molar-refractivity contribution is 5.50. The molecule has 0 aliphatic heterocycles. The summed E-state index contributed by atoms with van der Waals surface area (Å²) in [5.74, 6) is -2.54. The number of anilines is 1. The number of nitrogens with one attached hydrogen (secondary N) is 1. The van der Waals surface area contributed by atoms with E-state index >= 15 is 0 Å². The van der Waals surface area contributed by atoms with E-state index in [9.17, 15) is 18.9 Å². The minimum Gasteiger partial charge on any atom is -0.433 e. The highest BCUT2D eigenvalue weighted by Gasteiger charge is 2.24. The zero-order valence-corrected chi connectivity index (χ0v) is 11.1. The number of ether oxygens (including phenoxy) is 1. The van der Waals surface area contributed by atoms with Crippen LogP contribution in [0, 0.1) is 28.7 Å². The summed E-state index contributed by atoms with van der Waals surface area (Å²) in [5, 5.41) is 13.7. The van der Waals surface area contributed by atoms with Gasteiger partial charge in [0.15, 0.2) is 11.6 Å². The maximum Gasteiger partial charge on any atom is 0.352 e. The highest BCUT2D eigenvalue weighted by atomic mass is 19.2. The molecular formula is C12H10F2N4O3. The third kappa shape index (κ3) is 3.02. The molecule has 1 aromatic heterocycles. The Bertz CT molecular complexity index is 709. The number of nitro groups is 1. The first kappa shape index (κ1) is 14.6. The Morgan fingerprint density at radius 1 is 1.29 bits per heavy atom. The fourth-order valence-corrected chi connectivity index (χ4v) is 1.59. The third-order valence-electron chi connectivity index (χ3n) is 2.54. The molecule has 0 unspecified atom stereocenters. The number of hydrogen-bond donors (Lipinski definition) is 1. The number of halogens is 2. The maximum atomic E-state index is 13.1. The van der Waals surface area contributed by atoms with Gasteiger partial charge in [-0.1, -0.05) is 0 Å². The highest BCUT2D eigenvalue weighted by Crippen LogP contribution is 2.32. The second kappa shape index (κ2) is 5.65. The van der Waals surface area contributed by atoms with Crippen LogP contribution in [0.2, 0.25) is 0 Å². The number of hydrogen-bond acceptors (Lipinski definition) is 6. The molecular weight excluding hydrogens is 286 g/mol. The molecule has 7 nitrogen and oxygen atoms in total. The zero-order chi connectivity index (χ0) is 15.6. The van der Waals surface area contributed by atoms with Crippen LogP contribution in [0.15, 0.2) is 18.2 Å². The van der Waals surface area contributed by atoms with Crippen molar-refractivity contribution >= 4 is 11.6 Å². The molecule has 0 aliphatic rings. The summed E-state index contributed by atoms with van der Waals surface area (Å²) in [6.07, 6.45) is 0. The number of aromatic nitrogens is 2. The first-order chi connectivity index (χ1) is 9.92. The molecule has 0 atom stereocenters. The molecule has 21 heavy (non-hydrogen) atoms. The second-order valence-corrected chi connectivity index (χ2v) is 3.97. The van der Waals surface area contributed by atoms with Crippen LogP contribution in [0.4, 0.5) is 20.4 Å². The van der Waals surface area contributed by atoms with Gasteiger partial charge in [0.25, 0.3) is 0 Å². The van der Waals surface area contributed by atoms with Crippen molar-refractivity contribution in [2.24, 2.45) is 0 Å². The van der Waals surface area contributed by atoms with E-state index in [0.29, 0.717) is 0 Å². The second-order valence-electron chi connectivity index (χ2n) is 3.97. The molecule has 2 aromatic rings. The molecule has 0 saturated heterocycles. The SMILES string of the molecule is CNc1nc(C)c([N+](=O)[O-])c(Oc2ccc(F)c(F)c2)n1. The monoisotopic (exact) mass is 296 g/mol. The molecule has 0 saturated carbocycles. The van der Waals surface area contributed by atoms with E-state index in [-0.39, 0.29) is 23.3 Å². The molecule has 0 spiro atoms. The standard InChI is InChI=1S/C12H10F2N4O3/c1-6-10(18(19)20)11(17-12(15-2)16-6)21-7-3-4-8(13)9(14)5-7/h3-5H,1-2H3,(H,15,16,17). The van der Waals surface area contributed by atoms with Gasteiger partial charge < -0.3 is 10.1 Å². The smallest absolute Gasteiger partial charge is 0.352 e. The summed E-state index contributed by atoms with van der Waals surface area (Å²) in [6.45, 7) is 1.42. The summed E-state index contributed by atoms with van der Waals surface area (Å²) in [7, 11) is 1.53. The lowest BCUT2D eigenvalue weighted by Gasteiger charge is -2.08. The summed E-state index contributed by atoms with van der Waals surface area (Å²) < 4.78 is 31.2. The van der Waals surface area contributed by atoms with E-state index in [4.69, 9.17) is 4.74 Å². The Balaban J connectivity index is 2.48. The number of nitrogens with zero attached hydrogens (tertiary/aromatic N) is 3. The van der Waals surface area contributed by atoms with Gasteiger partial charge in [-0.05, 0) is 19.1 Å². The Hall–Kier alpha value is -2.84. The lowest BCUT2D eigenvalue weighted by atomic mass is 10.3. The number of benzene rings is 1. The van der Waals surface area contributed by atoms with Gasteiger partial charge in [0.2, 0.25) is 5.95 Å². The Labute approximate surface area is 117 Å². The molecule has 0 amide bonds. The summed E-state index contributed by atoms with van der Waals surface area (Å²) in [5.41, 5.74) is -0.365. The zero-order valence-electron chi connectivity index (χ0n) is 11.1. The summed E-state index contributed by atoms with van der Waals surface area (Å²) in [4.78, 5) is 18.0. The van der Waals surface area contributed by atoms with Crippen LogP contribution >= 0.6 is 0 Å². The van der Waals surface area contributed by atoms with Crippen molar-refractivity contribution in [2.75, 3.05) is 12.4 Å². The molecule has 0 aliphatic carbocycles. The topological polar surface area (TPSA) is 90.2 Å². The Kier molecular flexibility index (Phi) is 3.92. The van der Waals surface area contributed by atoms with Crippen molar-refractivity contribution in [3.05, 3.63) is 45.6 Å². The lowest BCUT2D eigenvalue weighted by molar-refractivity contribution is -0.386. The minimum atomic E-state index is -1.13. The van der Waals surface area contributed by atoms with Crippen LogP contribution in [-0.2, 0) is 0 Å². The molecule has 9 heteroatoms. The van der Waals surface area contributed by atoms with Crippen molar-refractivity contribution in [3.8, 4) is 11.6 Å². The first-order valence-corrected chi connectivity index (χ1v) is 5.76. The molecule has 1 heterocycles. The fourth-order valence-electron chi connectivity index (χ4n) is 1.59. The van der Waals surface area contributed by atoms with Crippen molar-refractivity contribution in [1.29, 1.82) is 0 Å². The van der Waals surface area contributed by atoms with Gasteiger partial charge in [0, 0.05) is 13.1 Å². The first-order valence-electron chi connectivity index (χ1n) is 5.76. The van der Waals surface area contributed by atoms with Crippen LogP contribution in [0.25, 0.3) is 0 Å². The van der Waals surface area contributed by atoms with E-state index in [2.05, 4.69) is 15.3 Å². The van der Waals surface area contributed by atoms with Gasteiger partial charge >= 0.3 is 11.6 Å². The average Bonchev–Trinajstić information content (AvgIpc) is 2.41. The third-order valence-corrected chi connectivity index (χ3v) is 2.54. The van der Waals surface area contributed by atoms with Gasteiger partial charge in [-0.2, -0.15) is 4.98 Å². The molecule has 2 rings (SSSR count). The molecule has 1 aromatic carbocycles. The van der Waals surface area contributed by atoms with Crippen LogP contribution in [-0.4, -0.2) is 21.9 Å². The van der Waals surface area contributed by atoms with Crippen LogP contribution < -0.4 is 10.1 Å². The van der Waals surface area contributed by atoms with Crippen molar-refractivity contribution in [2.45, 2.75) is 6.92 Å². The Morgan fingerprint density at radius 2 is 2.00 bits per heavy atom. The number of aryl methyl sites for hydroxylation is 1. The summed E-state index contributed by atoms with van der Waals surface area (Å²) in [6, 6.07) is 2.76. The van der Waals surface area contributed by atoms with Crippen molar-refractivity contribution in [3.63, 3.8) is 0 Å². The van der Waals surface area contributed by atoms with Gasteiger partial charge in [-0.15, -0.1) is 0 Å². The molecule has 110 valence electrons. The normalized spacial score (nSPS) is 10.3. The van der Waals surface area contributed by atoms with Gasteiger partial charge in [0.05, 0.1) is 4.92 Å². The predicted octanol–water partition coefficient (Wildman–Crippen LogP) is 2.81. The Morgan fingerprint density at radius 3 is 2.57 bits per heavy atom. The van der Waals surface area contributed by atoms with Crippen molar-refractivity contribution < 1.29 is 18.4 Å². The van der Waals surface area contributed by atoms with Gasteiger partial charge in [-0.3, -0.25) is 10.1 Å². The molecule has 0 fully saturated rings.